The van der Waals surface area contributed by atoms with E-state index in [0.717, 1.165) is 19.3 Å². The van der Waals surface area contributed by atoms with E-state index in [2.05, 4.69) is 10.3 Å². The maximum absolute atomic E-state index is 12.3. The van der Waals surface area contributed by atoms with Gasteiger partial charge in [-0.2, -0.15) is 13.2 Å². The summed E-state index contributed by atoms with van der Waals surface area (Å²) in [5, 5.41) is 3.01. The molecule has 1 aromatic rings. The molecule has 2 nitrogen and oxygen atoms in total. The fourth-order valence-corrected chi connectivity index (χ4v) is 1.36. The maximum atomic E-state index is 12.3. The smallest absolute Gasteiger partial charge is 0.315 e. The van der Waals surface area contributed by atoms with Gasteiger partial charge in [0.25, 0.3) is 0 Å². The van der Waals surface area contributed by atoms with E-state index in [-0.39, 0.29) is 5.92 Å². The minimum atomic E-state index is -4.29. The summed E-state index contributed by atoms with van der Waals surface area (Å²) in [4.78, 5) is 3.61. The van der Waals surface area contributed by atoms with Crippen LogP contribution in [0.5, 0.6) is 0 Å². The summed E-state index contributed by atoms with van der Waals surface area (Å²) >= 11 is 0. The molecule has 0 amide bonds. The van der Waals surface area contributed by atoms with Crippen LogP contribution in [-0.4, -0.2) is 18.1 Å². The molecule has 1 aliphatic heterocycles. The Morgan fingerprint density at radius 1 is 1.25 bits per heavy atom. The summed E-state index contributed by atoms with van der Waals surface area (Å²) in [5.41, 5.74) is 0.000440. The van der Waals surface area contributed by atoms with Crippen molar-refractivity contribution in [3.8, 4) is 0 Å². The van der Waals surface area contributed by atoms with Crippen LogP contribution >= 0.6 is 0 Å². The monoisotopic (exact) mass is 232 g/mol. The van der Waals surface area contributed by atoms with Gasteiger partial charge < -0.3 is 5.32 Å². The molecule has 0 spiro atoms. The highest BCUT2D eigenvalue weighted by molar-refractivity contribution is 5.25. The molecule has 0 unspecified atom stereocenters. The van der Waals surface area contributed by atoms with Crippen molar-refractivity contribution in [2.75, 3.05) is 13.1 Å². The highest BCUT2D eigenvalue weighted by Gasteiger charge is 2.32. The number of hydrogen-bond acceptors (Lipinski definition) is 2. The zero-order valence-corrected chi connectivity index (χ0v) is 9.30. The highest BCUT2D eigenvalue weighted by Crippen LogP contribution is 2.30. The summed E-state index contributed by atoms with van der Waals surface area (Å²) in [7, 11) is 0. The van der Waals surface area contributed by atoms with E-state index in [1.165, 1.54) is 12.3 Å². The lowest BCUT2D eigenvalue weighted by molar-refractivity contribution is -0.137. The molecule has 0 aromatic carbocycles. The summed E-state index contributed by atoms with van der Waals surface area (Å²) in [5.74, 6) is 0.185. The average Bonchev–Trinajstić information content (AvgIpc) is 2.17. The van der Waals surface area contributed by atoms with Crippen molar-refractivity contribution in [1.82, 2.24) is 10.3 Å². The number of nitrogens with one attached hydrogen (secondary N) is 1. The van der Waals surface area contributed by atoms with E-state index in [1.807, 2.05) is 13.8 Å². The molecule has 1 fully saturated rings. The molecular formula is C11H15F3N2. The highest BCUT2D eigenvalue weighted by atomic mass is 19.4. The third kappa shape index (κ3) is 2.95. The Balaban J connectivity index is 0.000000606. The zero-order valence-electron chi connectivity index (χ0n) is 9.30. The van der Waals surface area contributed by atoms with Crippen molar-refractivity contribution in [3.05, 3.63) is 29.6 Å². The molecule has 0 bridgehead atoms. The van der Waals surface area contributed by atoms with Crippen LogP contribution in [0.15, 0.2) is 18.5 Å². The summed E-state index contributed by atoms with van der Waals surface area (Å²) < 4.78 is 36.9. The fourth-order valence-electron chi connectivity index (χ4n) is 1.36. The first-order valence-corrected chi connectivity index (χ1v) is 5.30. The van der Waals surface area contributed by atoms with Gasteiger partial charge in [-0.15, -0.1) is 0 Å². The van der Waals surface area contributed by atoms with Crippen molar-refractivity contribution in [3.63, 3.8) is 0 Å². The Morgan fingerprint density at radius 2 is 1.88 bits per heavy atom. The van der Waals surface area contributed by atoms with Crippen LogP contribution < -0.4 is 5.32 Å². The molecule has 2 rings (SSSR count). The van der Waals surface area contributed by atoms with E-state index in [0.29, 0.717) is 5.56 Å². The van der Waals surface area contributed by atoms with Crippen molar-refractivity contribution < 1.29 is 13.2 Å². The minimum absolute atomic E-state index is 0.185. The van der Waals surface area contributed by atoms with Crippen molar-refractivity contribution in [2.24, 2.45) is 0 Å². The van der Waals surface area contributed by atoms with Crippen molar-refractivity contribution in [2.45, 2.75) is 25.9 Å². The maximum Gasteiger partial charge on any atom is 0.417 e. The molecule has 0 aliphatic carbocycles. The lowest BCUT2D eigenvalue weighted by Crippen LogP contribution is -2.40. The normalized spacial score (nSPS) is 16.1. The Labute approximate surface area is 92.9 Å². The van der Waals surface area contributed by atoms with Crippen LogP contribution in [0.25, 0.3) is 0 Å². The first-order valence-electron chi connectivity index (χ1n) is 5.30. The second-order valence-electron chi connectivity index (χ2n) is 3.36. The molecule has 1 aromatic heterocycles. The topological polar surface area (TPSA) is 24.9 Å². The zero-order chi connectivity index (χ0) is 12.2. The lowest BCUT2D eigenvalue weighted by Gasteiger charge is -2.27. The molecule has 0 saturated carbocycles. The number of halogens is 3. The van der Waals surface area contributed by atoms with Gasteiger partial charge in [0.1, 0.15) is 0 Å². The van der Waals surface area contributed by atoms with Gasteiger partial charge in [-0.25, -0.2) is 0 Å². The summed E-state index contributed by atoms with van der Waals surface area (Å²) in [6, 6.07) is 1.18. The van der Waals surface area contributed by atoms with Crippen LogP contribution in [0.4, 0.5) is 13.2 Å². The fraction of sp³-hybridized carbons (Fsp3) is 0.545. The Hall–Kier alpha value is -1.10. The summed E-state index contributed by atoms with van der Waals surface area (Å²) in [6.45, 7) is 5.48. The Kier molecular flexibility index (Phi) is 4.29. The van der Waals surface area contributed by atoms with Crippen molar-refractivity contribution in [1.29, 1.82) is 0 Å². The average molecular weight is 232 g/mol. The van der Waals surface area contributed by atoms with Gasteiger partial charge >= 0.3 is 6.18 Å². The molecule has 1 saturated heterocycles. The van der Waals surface area contributed by atoms with Gasteiger partial charge in [0.15, 0.2) is 0 Å². The van der Waals surface area contributed by atoms with Gasteiger partial charge in [0, 0.05) is 31.4 Å². The molecular weight excluding hydrogens is 217 g/mol. The van der Waals surface area contributed by atoms with E-state index < -0.39 is 11.7 Å². The number of nitrogens with zero attached hydrogens (tertiary/aromatic N) is 1. The standard InChI is InChI=1S/C9H9F3N2.C2H6/c10-9(11,12)8-1-6(2-14-5-8)7-3-13-4-7;1-2/h1-2,5,7,13H,3-4H2;1-2H3. The van der Waals surface area contributed by atoms with Gasteiger partial charge in [-0.05, 0) is 11.6 Å². The van der Waals surface area contributed by atoms with E-state index in [1.54, 1.807) is 0 Å². The molecule has 0 atom stereocenters. The van der Waals surface area contributed by atoms with E-state index in [9.17, 15) is 13.2 Å². The van der Waals surface area contributed by atoms with Gasteiger partial charge in [-0.1, -0.05) is 13.8 Å². The summed E-state index contributed by atoms with van der Waals surface area (Å²) in [6.07, 6.45) is -1.93. The lowest BCUT2D eigenvalue weighted by atomic mass is 9.94. The van der Waals surface area contributed by atoms with Crippen LogP contribution in [0, 0.1) is 0 Å². The third-order valence-corrected chi connectivity index (χ3v) is 2.34. The second kappa shape index (κ2) is 5.30. The number of rotatable bonds is 1. The van der Waals surface area contributed by atoms with Crippen LogP contribution in [-0.2, 0) is 6.18 Å². The van der Waals surface area contributed by atoms with Gasteiger partial charge in [-0.3, -0.25) is 4.98 Å². The molecule has 0 radical (unpaired) electrons. The molecule has 1 aliphatic rings. The molecule has 16 heavy (non-hydrogen) atoms. The number of alkyl halides is 3. The van der Waals surface area contributed by atoms with Crippen molar-refractivity contribution >= 4 is 0 Å². The Morgan fingerprint density at radius 3 is 2.31 bits per heavy atom. The van der Waals surface area contributed by atoms with Crippen LogP contribution in [0.2, 0.25) is 0 Å². The molecule has 1 N–H and O–H groups in total. The largest absolute Gasteiger partial charge is 0.417 e. The SMILES string of the molecule is CC.FC(F)(F)c1cncc(C2CNC2)c1. The quantitative estimate of drug-likeness (QED) is 0.805. The van der Waals surface area contributed by atoms with Gasteiger partial charge in [0.2, 0.25) is 0 Å². The van der Waals surface area contributed by atoms with E-state index in [4.69, 9.17) is 0 Å². The van der Waals surface area contributed by atoms with Crippen LogP contribution in [0.1, 0.15) is 30.9 Å². The molecule has 2 heterocycles. The Bertz CT molecular complexity index is 332. The molecule has 90 valence electrons. The minimum Gasteiger partial charge on any atom is -0.315 e. The first-order chi connectivity index (χ1) is 7.57. The number of hydrogen-bond donors (Lipinski definition) is 1. The predicted octanol–water partition coefficient (Wildman–Crippen LogP) is 2.81. The number of aromatic nitrogens is 1. The van der Waals surface area contributed by atoms with E-state index >= 15 is 0 Å². The number of pyridine rings is 1. The second-order valence-corrected chi connectivity index (χ2v) is 3.36. The van der Waals surface area contributed by atoms with Crippen LogP contribution in [0.3, 0.4) is 0 Å². The predicted molar refractivity (Wildman–Crippen MR) is 56.2 cm³/mol. The first kappa shape index (κ1) is 13.0. The third-order valence-electron chi connectivity index (χ3n) is 2.34. The molecule has 5 heteroatoms. The van der Waals surface area contributed by atoms with Gasteiger partial charge in [0.05, 0.1) is 5.56 Å².